The first-order valence-corrected chi connectivity index (χ1v) is 10.9. The fourth-order valence-corrected chi connectivity index (χ4v) is 4.19. The van der Waals surface area contributed by atoms with Gasteiger partial charge in [-0.2, -0.15) is 5.10 Å². The van der Waals surface area contributed by atoms with Crippen LogP contribution in [0.2, 0.25) is 0 Å². The molecule has 2 aliphatic rings. The monoisotopic (exact) mass is 435 g/mol. The lowest BCUT2D eigenvalue weighted by atomic mass is 10.1. The van der Waals surface area contributed by atoms with Crippen LogP contribution in [0.3, 0.4) is 0 Å². The fraction of sp³-hybridized carbons (Fsp3) is 0.304. The summed E-state index contributed by atoms with van der Waals surface area (Å²) >= 11 is 5.65. The maximum Gasteiger partial charge on any atom is 0.231 e. The molecule has 1 fully saturated rings. The number of thiocarbonyl (C=S) groups is 1. The van der Waals surface area contributed by atoms with Crippen LogP contribution in [-0.2, 0) is 13.1 Å². The first kappa shape index (κ1) is 19.8. The highest BCUT2D eigenvalue weighted by atomic mass is 32.1. The molecule has 1 saturated heterocycles. The summed E-state index contributed by atoms with van der Waals surface area (Å²) in [4.78, 5) is 4.66. The van der Waals surface area contributed by atoms with Crippen LogP contribution in [-0.4, -0.2) is 57.7 Å². The highest BCUT2D eigenvalue weighted by molar-refractivity contribution is 7.80. The Morgan fingerprint density at radius 3 is 2.58 bits per heavy atom. The molecular weight excluding hydrogens is 410 g/mol. The zero-order valence-corrected chi connectivity index (χ0v) is 18.1. The number of hydrogen-bond donors (Lipinski definition) is 1. The maximum atomic E-state index is 5.65. The normalized spacial score (nSPS) is 15.8. The quantitative estimate of drug-likeness (QED) is 0.618. The molecule has 0 unspecified atom stereocenters. The van der Waals surface area contributed by atoms with Crippen molar-refractivity contribution in [2.75, 3.05) is 38.3 Å². The lowest BCUT2D eigenvalue weighted by molar-refractivity contribution is 0.173. The summed E-state index contributed by atoms with van der Waals surface area (Å²) < 4.78 is 12.8. The summed E-state index contributed by atoms with van der Waals surface area (Å²) in [7, 11) is 0. The molecule has 2 aliphatic heterocycles. The van der Waals surface area contributed by atoms with Gasteiger partial charge in [-0.3, -0.25) is 9.58 Å². The van der Waals surface area contributed by atoms with Gasteiger partial charge in [0, 0.05) is 38.9 Å². The molecule has 160 valence electrons. The Kier molecular flexibility index (Phi) is 5.73. The van der Waals surface area contributed by atoms with Gasteiger partial charge >= 0.3 is 0 Å². The van der Waals surface area contributed by atoms with E-state index in [1.165, 1.54) is 11.1 Å². The van der Waals surface area contributed by atoms with Crippen molar-refractivity contribution in [1.29, 1.82) is 0 Å². The number of aromatic nitrogens is 2. The zero-order chi connectivity index (χ0) is 21.0. The molecule has 0 amide bonds. The predicted octanol–water partition coefficient (Wildman–Crippen LogP) is 3.17. The Balaban J connectivity index is 1.10. The number of anilines is 1. The molecule has 3 heterocycles. The van der Waals surface area contributed by atoms with Gasteiger partial charge in [-0.15, -0.1) is 0 Å². The number of nitrogens with one attached hydrogen (secondary N) is 1. The number of benzene rings is 2. The smallest absolute Gasteiger partial charge is 0.231 e. The zero-order valence-electron chi connectivity index (χ0n) is 17.2. The highest BCUT2D eigenvalue weighted by Gasteiger charge is 2.20. The van der Waals surface area contributed by atoms with Crippen LogP contribution in [0.4, 0.5) is 5.69 Å². The fourth-order valence-electron chi connectivity index (χ4n) is 3.89. The van der Waals surface area contributed by atoms with Crippen molar-refractivity contribution in [3.63, 3.8) is 0 Å². The summed E-state index contributed by atoms with van der Waals surface area (Å²) in [5, 5.41) is 8.53. The summed E-state index contributed by atoms with van der Waals surface area (Å²) in [5.74, 6) is 1.67. The molecule has 8 heteroatoms. The molecular formula is C23H25N5O2S. The van der Waals surface area contributed by atoms with E-state index in [1.54, 1.807) is 0 Å². The number of rotatable bonds is 5. The van der Waals surface area contributed by atoms with E-state index in [0.29, 0.717) is 6.79 Å². The first-order valence-electron chi connectivity index (χ1n) is 10.5. The van der Waals surface area contributed by atoms with Gasteiger partial charge in [-0.1, -0.05) is 36.4 Å². The van der Waals surface area contributed by atoms with Gasteiger partial charge < -0.3 is 19.7 Å². The van der Waals surface area contributed by atoms with E-state index in [9.17, 15) is 0 Å². The maximum absolute atomic E-state index is 5.65. The highest BCUT2D eigenvalue weighted by Crippen LogP contribution is 2.32. The van der Waals surface area contributed by atoms with Crippen molar-refractivity contribution in [2.45, 2.75) is 13.1 Å². The van der Waals surface area contributed by atoms with E-state index in [0.717, 1.165) is 61.6 Å². The van der Waals surface area contributed by atoms with Crippen molar-refractivity contribution in [1.82, 2.24) is 19.6 Å². The Morgan fingerprint density at radius 1 is 0.935 bits per heavy atom. The van der Waals surface area contributed by atoms with E-state index in [1.807, 2.05) is 41.3 Å². The Labute approximate surface area is 187 Å². The number of nitrogens with zero attached hydrogens (tertiary/aromatic N) is 4. The van der Waals surface area contributed by atoms with E-state index in [-0.39, 0.29) is 0 Å². The second kappa shape index (κ2) is 8.95. The van der Waals surface area contributed by atoms with Crippen molar-refractivity contribution in [3.8, 4) is 11.5 Å². The minimum Gasteiger partial charge on any atom is -0.454 e. The van der Waals surface area contributed by atoms with Gasteiger partial charge in [-0.05, 0) is 35.5 Å². The topological polar surface area (TPSA) is 54.8 Å². The Bertz CT molecular complexity index is 1050. The van der Waals surface area contributed by atoms with Gasteiger partial charge in [0.15, 0.2) is 16.6 Å². The molecule has 31 heavy (non-hydrogen) atoms. The summed E-state index contributed by atoms with van der Waals surface area (Å²) in [6, 6.07) is 16.5. The van der Waals surface area contributed by atoms with Crippen LogP contribution in [0.15, 0.2) is 60.9 Å². The molecule has 5 rings (SSSR count). The molecule has 0 aliphatic carbocycles. The van der Waals surface area contributed by atoms with E-state index < -0.39 is 0 Å². The van der Waals surface area contributed by atoms with E-state index in [4.69, 9.17) is 21.7 Å². The van der Waals surface area contributed by atoms with Crippen LogP contribution >= 0.6 is 12.2 Å². The predicted molar refractivity (Wildman–Crippen MR) is 123 cm³/mol. The minimum atomic E-state index is 0.313. The van der Waals surface area contributed by atoms with Gasteiger partial charge in [0.05, 0.1) is 18.4 Å². The average Bonchev–Trinajstić information content (AvgIpc) is 3.44. The first-order chi connectivity index (χ1) is 15.2. The second-order valence-corrected chi connectivity index (χ2v) is 8.18. The molecule has 0 spiro atoms. The standard InChI is InChI=1S/C23H25N5O2S/c31-23(25-20-13-24-28(16-20)15-18-4-2-1-3-5-18)27-10-8-26(9-11-27)14-19-6-7-21-22(12-19)30-17-29-21/h1-7,12-13,16H,8-11,14-15,17H2,(H,25,31). The summed E-state index contributed by atoms with van der Waals surface area (Å²) in [6.45, 7) is 5.67. The van der Waals surface area contributed by atoms with Crippen LogP contribution < -0.4 is 14.8 Å². The van der Waals surface area contributed by atoms with Crippen molar-refractivity contribution < 1.29 is 9.47 Å². The van der Waals surface area contributed by atoms with Crippen molar-refractivity contribution in [2.24, 2.45) is 0 Å². The van der Waals surface area contributed by atoms with Crippen molar-refractivity contribution >= 4 is 23.0 Å². The summed E-state index contributed by atoms with van der Waals surface area (Å²) in [5.41, 5.74) is 3.38. The number of hydrogen-bond acceptors (Lipinski definition) is 5. The van der Waals surface area contributed by atoms with E-state index in [2.05, 4.69) is 44.5 Å². The Morgan fingerprint density at radius 2 is 1.74 bits per heavy atom. The average molecular weight is 436 g/mol. The number of fused-ring (bicyclic) bond motifs is 1. The molecule has 0 saturated carbocycles. The lowest BCUT2D eigenvalue weighted by Crippen LogP contribution is -2.49. The van der Waals surface area contributed by atoms with Crippen LogP contribution in [0, 0.1) is 0 Å². The van der Waals surface area contributed by atoms with E-state index >= 15 is 0 Å². The molecule has 0 radical (unpaired) electrons. The third kappa shape index (κ3) is 4.81. The summed E-state index contributed by atoms with van der Waals surface area (Å²) in [6.07, 6.45) is 3.82. The van der Waals surface area contributed by atoms with Crippen LogP contribution in [0.1, 0.15) is 11.1 Å². The third-order valence-corrected chi connectivity index (χ3v) is 5.93. The largest absolute Gasteiger partial charge is 0.454 e. The molecule has 3 aromatic rings. The number of ether oxygens (including phenoxy) is 2. The van der Waals surface area contributed by atoms with Crippen molar-refractivity contribution in [3.05, 3.63) is 72.1 Å². The second-order valence-electron chi connectivity index (χ2n) is 7.79. The Hall–Kier alpha value is -3.10. The molecule has 0 bridgehead atoms. The molecule has 7 nitrogen and oxygen atoms in total. The minimum absolute atomic E-state index is 0.313. The number of piperazine rings is 1. The van der Waals surface area contributed by atoms with Crippen LogP contribution in [0.5, 0.6) is 11.5 Å². The third-order valence-electron chi connectivity index (χ3n) is 5.57. The molecule has 2 aromatic carbocycles. The molecule has 1 aromatic heterocycles. The van der Waals surface area contributed by atoms with Gasteiger partial charge in [0.25, 0.3) is 0 Å². The van der Waals surface area contributed by atoms with Gasteiger partial charge in [0.1, 0.15) is 0 Å². The molecule has 1 N–H and O–H groups in total. The van der Waals surface area contributed by atoms with Gasteiger partial charge in [-0.25, -0.2) is 0 Å². The lowest BCUT2D eigenvalue weighted by Gasteiger charge is -2.36. The SMILES string of the molecule is S=C(Nc1cnn(Cc2ccccc2)c1)N1CCN(Cc2ccc3c(c2)OCO3)CC1. The van der Waals surface area contributed by atoms with Gasteiger partial charge in [0.2, 0.25) is 6.79 Å². The van der Waals surface area contributed by atoms with Crippen LogP contribution in [0.25, 0.3) is 0 Å². The molecule has 0 atom stereocenters.